The van der Waals surface area contributed by atoms with E-state index < -0.39 is 15.9 Å². The van der Waals surface area contributed by atoms with Crippen LogP contribution in [0.2, 0.25) is 5.02 Å². The molecule has 3 rings (SSSR count). The minimum absolute atomic E-state index is 0.0945. The number of carbonyl (C=O) groups is 1. The van der Waals surface area contributed by atoms with Gasteiger partial charge in [-0.2, -0.15) is 0 Å². The molecule has 0 radical (unpaired) electrons. The number of hydrogen-bond donors (Lipinski definition) is 2. The van der Waals surface area contributed by atoms with Crippen LogP contribution in [-0.4, -0.2) is 14.3 Å². The number of nitrogens with one attached hydrogen (secondary N) is 2. The van der Waals surface area contributed by atoms with Gasteiger partial charge in [0.15, 0.2) is 0 Å². The van der Waals surface area contributed by atoms with Gasteiger partial charge in [-0.25, -0.2) is 8.42 Å². The molecule has 7 heteroatoms. The van der Waals surface area contributed by atoms with Crippen molar-refractivity contribution in [2.24, 2.45) is 0 Å². The Bertz CT molecular complexity index is 997. The van der Waals surface area contributed by atoms with Gasteiger partial charge in [-0.3, -0.25) is 10.2 Å². The van der Waals surface area contributed by atoms with Crippen molar-refractivity contribution in [1.82, 2.24) is 10.3 Å². The highest BCUT2D eigenvalue weighted by Crippen LogP contribution is 2.22. The highest BCUT2D eigenvalue weighted by Gasteiger charge is 2.18. The van der Waals surface area contributed by atoms with Crippen LogP contribution >= 0.6 is 11.6 Å². The van der Waals surface area contributed by atoms with Crippen molar-refractivity contribution in [3.63, 3.8) is 0 Å². The third kappa shape index (κ3) is 3.41. The van der Waals surface area contributed by atoms with E-state index in [1.165, 1.54) is 18.2 Å². The number of amides is 1. The largest absolute Gasteiger partial charge is 0.273 e. The molecular weight excluding hydrogens is 348 g/mol. The van der Waals surface area contributed by atoms with Crippen LogP contribution in [-0.2, 0) is 10.0 Å². The molecule has 24 heavy (non-hydrogen) atoms. The fourth-order valence-corrected chi connectivity index (χ4v) is 3.47. The standard InChI is InChI=1S/C17H13ClN2O3S/c18-14-10-8-13(9-11-14)17(21)19-20-24(22,23)16-7-3-5-12-4-1-2-6-15(12)16/h1-11,20H,(H,19,21). The topological polar surface area (TPSA) is 75.3 Å². The Balaban J connectivity index is 1.83. The molecule has 0 aliphatic heterocycles. The highest BCUT2D eigenvalue weighted by atomic mass is 35.5. The van der Waals surface area contributed by atoms with Crippen LogP contribution in [0.3, 0.4) is 0 Å². The number of halogens is 1. The van der Waals surface area contributed by atoms with Gasteiger partial charge in [0.2, 0.25) is 0 Å². The van der Waals surface area contributed by atoms with Crippen LogP contribution in [0.5, 0.6) is 0 Å². The minimum Gasteiger partial charge on any atom is -0.273 e. The molecule has 5 nitrogen and oxygen atoms in total. The van der Waals surface area contributed by atoms with Crippen molar-refractivity contribution in [3.05, 3.63) is 77.3 Å². The van der Waals surface area contributed by atoms with Crippen LogP contribution in [0.25, 0.3) is 10.8 Å². The third-order valence-corrected chi connectivity index (χ3v) is 5.00. The highest BCUT2D eigenvalue weighted by molar-refractivity contribution is 7.89. The Labute approximate surface area is 144 Å². The number of carbonyl (C=O) groups excluding carboxylic acids is 1. The molecule has 0 saturated carbocycles. The molecule has 122 valence electrons. The number of sulfonamides is 1. The zero-order chi connectivity index (χ0) is 17.2. The van der Waals surface area contributed by atoms with E-state index in [1.807, 2.05) is 18.2 Å². The normalized spacial score (nSPS) is 11.4. The lowest BCUT2D eigenvalue weighted by Crippen LogP contribution is -2.41. The summed E-state index contributed by atoms with van der Waals surface area (Å²) in [4.78, 5) is 14.2. The van der Waals surface area contributed by atoms with E-state index in [-0.39, 0.29) is 4.90 Å². The Morgan fingerprint density at radius 3 is 2.29 bits per heavy atom. The lowest BCUT2D eigenvalue weighted by atomic mass is 10.1. The second-order valence-corrected chi connectivity index (χ2v) is 7.13. The lowest BCUT2D eigenvalue weighted by Gasteiger charge is -2.10. The number of benzene rings is 3. The summed E-state index contributed by atoms with van der Waals surface area (Å²) < 4.78 is 25.0. The minimum atomic E-state index is -3.91. The second kappa shape index (κ2) is 6.60. The summed E-state index contributed by atoms with van der Waals surface area (Å²) >= 11 is 5.76. The molecule has 3 aromatic rings. The molecule has 2 N–H and O–H groups in total. The first-order valence-corrected chi connectivity index (χ1v) is 8.89. The van der Waals surface area contributed by atoms with Crippen LogP contribution in [0.15, 0.2) is 71.6 Å². The summed E-state index contributed by atoms with van der Waals surface area (Å²) in [7, 11) is -3.91. The molecule has 0 aromatic heterocycles. The molecule has 0 bridgehead atoms. The van der Waals surface area contributed by atoms with E-state index in [4.69, 9.17) is 11.6 Å². The van der Waals surface area contributed by atoms with Crippen molar-refractivity contribution >= 4 is 38.3 Å². The van der Waals surface area contributed by atoms with Gasteiger partial charge >= 0.3 is 0 Å². The van der Waals surface area contributed by atoms with Crippen LogP contribution in [0.1, 0.15) is 10.4 Å². The molecule has 1 amide bonds. The SMILES string of the molecule is O=C(NNS(=O)(=O)c1cccc2ccccc12)c1ccc(Cl)cc1. The monoisotopic (exact) mass is 360 g/mol. The fourth-order valence-electron chi connectivity index (χ4n) is 2.27. The van der Waals surface area contributed by atoms with Crippen molar-refractivity contribution < 1.29 is 13.2 Å². The first kappa shape index (κ1) is 16.4. The van der Waals surface area contributed by atoms with Crippen molar-refractivity contribution in [2.75, 3.05) is 0 Å². The molecule has 0 fully saturated rings. The Morgan fingerprint density at radius 2 is 1.54 bits per heavy atom. The van der Waals surface area contributed by atoms with E-state index in [2.05, 4.69) is 10.3 Å². The first-order valence-electron chi connectivity index (χ1n) is 7.03. The summed E-state index contributed by atoms with van der Waals surface area (Å²) in [5.74, 6) is -0.574. The zero-order valence-electron chi connectivity index (χ0n) is 12.4. The molecule has 3 aromatic carbocycles. The van der Waals surface area contributed by atoms with Crippen molar-refractivity contribution in [1.29, 1.82) is 0 Å². The van der Waals surface area contributed by atoms with E-state index in [1.54, 1.807) is 30.3 Å². The Hall–Kier alpha value is -2.41. The number of hydrogen-bond acceptors (Lipinski definition) is 3. The Kier molecular flexibility index (Phi) is 4.53. The predicted octanol–water partition coefficient (Wildman–Crippen LogP) is 3.12. The fraction of sp³-hybridized carbons (Fsp3) is 0. The average molecular weight is 361 g/mol. The quantitative estimate of drug-likeness (QED) is 0.702. The number of hydrazine groups is 1. The van der Waals surface area contributed by atoms with E-state index in [0.717, 1.165) is 5.39 Å². The molecule has 0 unspecified atom stereocenters. The van der Waals surface area contributed by atoms with Gasteiger partial charge in [-0.1, -0.05) is 48.0 Å². The van der Waals surface area contributed by atoms with Gasteiger partial charge in [0.25, 0.3) is 15.9 Å². The maximum atomic E-state index is 12.5. The number of rotatable bonds is 4. The Morgan fingerprint density at radius 1 is 0.875 bits per heavy atom. The summed E-state index contributed by atoms with van der Waals surface area (Å²) in [6.45, 7) is 0. The van der Waals surface area contributed by atoms with Gasteiger partial charge in [0.1, 0.15) is 0 Å². The number of fused-ring (bicyclic) bond motifs is 1. The zero-order valence-corrected chi connectivity index (χ0v) is 13.9. The van der Waals surface area contributed by atoms with Gasteiger partial charge in [0, 0.05) is 16.0 Å². The van der Waals surface area contributed by atoms with Crippen molar-refractivity contribution in [3.8, 4) is 0 Å². The van der Waals surface area contributed by atoms with Gasteiger partial charge in [-0.05, 0) is 35.7 Å². The van der Waals surface area contributed by atoms with Crippen LogP contribution < -0.4 is 10.3 Å². The van der Waals surface area contributed by atoms with Gasteiger partial charge in [0.05, 0.1) is 4.90 Å². The molecule has 0 spiro atoms. The maximum absolute atomic E-state index is 12.5. The third-order valence-electron chi connectivity index (χ3n) is 3.44. The molecule has 0 saturated heterocycles. The second-order valence-electron chi connectivity index (χ2n) is 5.04. The smallest absolute Gasteiger partial charge is 0.266 e. The summed E-state index contributed by atoms with van der Waals surface area (Å²) in [6, 6.07) is 18.2. The van der Waals surface area contributed by atoms with Gasteiger partial charge in [-0.15, -0.1) is 4.83 Å². The van der Waals surface area contributed by atoms with Crippen molar-refractivity contribution in [2.45, 2.75) is 4.90 Å². The molecule has 0 aliphatic rings. The van der Waals surface area contributed by atoms with E-state index in [9.17, 15) is 13.2 Å². The van der Waals surface area contributed by atoms with Gasteiger partial charge < -0.3 is 0 Å². The van der Waals surface area contributed by atoms with E-state index in [0.29, 0.717) is 16.0 Å². The molecule has 0 atom stereocenters. The lowest BCUT2D eigenvalue weighted by molar-refractivity contribution is 0.0945. The van der Waals surface area contributed by atoms with Crippen LogP contribution in [0, 0.1) is 0 Å². The summed E-state index contributed by atoms with van der Waals surface area (Å²) in [5, 5.41) is 1.86. The molecular formula is C17H13ClN2O3S. The summed E-state index contributed by atoms with van der Waals surface area (Å²) in [5.41, 5.74) is 2.49. The first-order chi connectivity index (χ1) is 11.5. The predicted molar refractivity (Wildman–Crippen MR) is 93.2 cm³/mol. The van der Waals surface area contributed by atoms with Crippen LogP contribution in [0.4, 0.5) is 0 Å². The molecule has 0 aliphatic carbocycles. The van der Waals surface area contributed by atoms with E-state index >= 15 is 0 Å². The summed E-state index contributed by atoms with van der Waals surface area (Å²) in [6.07, 6.45) is 0. The average Bonchev–Trinajstić information content (AvgIpc) is 2.60. The molecule has 0 heterocycles. The maximum Gasteiger partial charge on any atom is 0.266 e.